The highest BCUT2D eigenvalue weighted by molar-refractivity contribution is 5.85. The Morgan fingerprint density at radius 1 is 1.21 bits per heavy atom. The Bertz CT molecular complexity index is 881. The highest BCUT2D eigenvalue weighted by Gasteiger charge is 2.21. The van der Waals surface area contributed by atoms with Crippen molar-refractivity contribution < 1.29 is 23.9 Å². The Labute approximate surface area is 168 Å². The van der Waals surface area contributed by atoms with Crippen LogP contribution in [0.3, 0.4) is 0 Å². The van der Waals surface area contributed by atoms with Gasteiger partial charge in [0.25, 0.3) is 0 Å². The molecule has 0 saturated carbocycles. The number of methoxy groups -OCH3 is 2. The molecule has 0 heterocycles. The minimum absolute atomic E-state index is 0.0695. The lowest BCUT2D eigenvalue weighted by Gasteiger charge is -2.11. The van der Waals surface area contributed by atoms with E-state index in [1.807, 2.05) is 6.92 Å². The minimum Gasteiger partial charge on any atom is -0.497 e. The maximum atomic E-state index is 12.0. The van der Waals surface area contributed by atoms with Crippen LogP contribution < -0.4 is 19.6 Å². The molecule has 0 spiro atoms. The van der Waals surface area contributed by atoms with E-state index >= 15 is 0 Å². The summed E-state index contributed by atoms with van der Waals surface area (Å²) in [6.07, 6.45) is 2.14. The number of hydrogen-bond acceptors (Lipinski definition) is 7. The van der Waals surface area contributed by atoms with Crippen molar-refractivity contribution in [2.24, 2.45) is 5.10 Å². The standard InChI is InChI=1S/C20H23N3O6/c1-4-9-29-20-17(23(25)26)10-15(11-18(20)28-3)13-21-22-19(24)12-14-5-7-16(27-2)8-6-14/h5-8,10-11,13H,4,9,12H2,1-3H3,(H,22,24)/b21-13-. The van der Waals surface area contributed by atoms with Gasteiger partial charge in [0.2, 0.25) is 11.7 Å². The Kier molecular flexibility index (Phi) is 7.96. The van der Waals surface area contributed by atoms with E-state index in [1.54, 1.807) is 37.4 Å². The molecule has 0 unspecified atom stereocenters. The van der Waals surface area contributed by atoms with E-state index in [-0.39, 0.29) is 29.5 Å². The lowest BCUT2D eigenvalue weighted by molar-refractivity contribution is -0.386. The molecule has 2 rings (SSSR count). The summed E-state index contributed by atoms with van der Waals surface area (Å²) >= 11 is 0. The number of hydrazone groups is 1. The number of nitrogens with zero attached hydrogens (tertiary/aromatic N) is 2. The van der Waals surface area contributed by atoms with Crippen LogP contribution in [0.4, 0.5) is 5.69 Å². The summed E-state index contributed by atoms with van der Waals surface area (Å²) in [4.78, 5) is 22.9. The first kappa shape index (κ1) is 21.7. The molecule has 9 heteroatoms. The van der Waals surface area contributed by atoms with Crippen molar-refractivity contribution in [3.63, 3.8) is 0 Å². The number of rotatable bonds is 10. The number of hydrogen-bond donors (Lipinski definition) is 1. The monoisotopic (exact) mass is 401 g/mol. The first-order valence-corrected chi connectivity index (χ1v) is 8.92. The van der Waals surface area contributed by atoms with Crippen LogP contribution in [0, 0.1) is 10.1 Å². The van der Waals surface area contributed by atoms with E-state index < -0.39 is 4.92 Å². The molecule has 29 heavy (non-hydrogen) atoms. The van der Waals surface area contributed by atoms with Crippen molar-refractivity contribution in [2.45, 2.75) is 19.8 Å². The third kappa shape index (κ3) is 6.20. The number of nitrogens with one attached hydrogen (secondary N) is 1. The maximum Gasteiger partial charge on any atom is 0.315 e. The summed E-state index contributed by atoms with van der Waals surface area (Å²) in [5, 5.41) is 15.3. The number of amides is 1. The third-order valence-electron chi connectivity index (χ3n) is 3.85. The Morgan fingerprint density at radius 3 is 2.52 bits per heavy atom. The number of benzene rings is 2. The fraction of sp³-hybridized carbons (Fsp3) is 0.300. The second kappa shape index (κ2) is 10.6. The van der Waals surface area contributed by atoms with Crippen molar-refractivity contribution >= 4 is 17.8 Å². The van der Waals surface area contributed by atoms with E-state index in [2.05, 4.69) is 10.5 Å². The maximum absolute atomic E-state index is 12.0. The van der Waals surface area contributed by atoms with Crippen LogP contribution in [0.15, 0.2) is 41.5 Å². The zero-order valence-electron chi connectivity index (χ0n) is 16.5. The number of nitro groups is 1. The molecule has 1 amide bonds. The van der Waals surface area contributed by atoms with Gasteiger partial charge in [-0.15, -0.1) is 0 Å². The fourth-order valence-corrected chi connectivity index (χ4v) is 2.47. The van der Waals surface area contributed by atoms with Crippen LogP contribution in [-0.4, -0.2) is 37.9 Å². The zero-order valence-corrected chi connectivity index (χ0v) is 16.5. The quantitative estimate of drug-likeness (QED) is 0.372. The van der Waals surface area contributed by atoms with Gasteiger partial charge in [0.1, 0.15) is 5.75 Å². The molecular formula is C20H23N3O6. The highest BCUT2D eigenvalue weighted by atomic mass is 16.6. The van der Waals surface area contributed by atoms with Crippen LogP contribution >= 0.6 is 0 Å². The lowest BCUT2D eigenvalue weighted by Crippen LogP contribution is -2.19. The molecule has 0 atom stereocenters. The van der Waals surface area contributed by atoms with Crippen LogP contribution in [0.1, 0.15) is 24.5 Å². The topological polar surface area (TPSA) is 112 Å². The summed E-state index contributed by atoms with van der Waals surface area (Å²) < 4.78 is 15.7. The molecule has 0 radical (unpaired) electrons. The van der Waals surface area contributed by atoms with Gasteiger partial charge in [-0.05, 0) is 30.2 Å². The molecule has 1 N–H and O–H groups in total. The first-order valence-electron chi connectivity index (χ1n) is 8.92. The molecule has 0 bridgehead atoms. The molecule has 2 aromatic carbocycles. The van der Waals surface area contributed by atoms with Gasteiger partial charge in [-0.3, -0.25) is 14.9 Å². The molecule has 0 aliphatic rings. The van der Waals surface area contributed by atoms with Gasteiger partial charge in [-0.2, -0.15) is 5.10 Å². The Balaban J connectivity index is 2.09. The van der Waals surface area contributed by atoms with Crippen molar-refractivity contribution in [1.29, 1.82) is 0 Å². The van der Waals surface area contributed by atoms with Gasteiger partial charge in [0, 0.05) is 11.6 Å². The van der Waals surface area contributed by atoms with Gasteiger partial charge >= 0.3 is 5.69 Å². The highest BCUT2D eigenvalue weighted by Crippen LogP contribution is 2.38. The van der Waals surface area contributed by atoms with E-state index in [4.69, 9.17) is 14.2 Å². The van der Waals surface area contributed by atoms with E-state index in [0.717, 1.165) is 5.56 Å². The molecule has 9 nitrogen and oxygen atoms in total. The van der Waals surface area contributed by atoms with Crippen LogP contribution in [0.2, 0.25) is 0 Å². The van der Waals surface area contributed by atoms with E-state index in [0.29, 0.717) is 24.3 Å². The number of carbonyl (C=O) groups excluding carboxylic acids is 1. The molecule has 0 fully saturated rings. The van der Waals surface area contributed by atoms with Gasteiger partial charge in [-0.1, -0.05) is 19.1 Å². The van der Waals surface area contributed by atoms with Crippen LogP contribution in [0.25, 0.3) is 0 Å². The van der Waals surface area contributed by atoms with Gasteiger partial charge in [-0.25, -0.2) is 5.43 Å². The van der Waals surface area contributed by atoms with Crippen molar-refractivity contribution in [1.82, 2.24) is 5.43 Å². The molecule has 0 aliphatic carbocycles. The van der Waals surface area contributed by atoms with Crippen LogP contribution in [-0.2, 0) is 11.2 Å². The summed E-state index contributed by atoms with van der Waals surface area (Å²) in [7, 11) is 2.97. The first-order chi connectivity index (χ1) is 14.0. The molecule has 0 saturated heterocycles. The second-order valence-corrected chi connectivity index (χ2v) is 6.00. The third-order valence-corrected chi connectivity index (χ3v) is 3.85. The lowest BCUT2D eigenvalue weighted by atomic mass is 10.1. The SMILES string of the molecule is CCCOc1c(OC)cc(/C=N\NC(=O)Cc2ccc(OC)cc2)cc1[N+](=O)[O-]. The Morgan fingerprint density at radius 2 is 1.93 bits per heavy atom. The average Bonchev–Trinajstić information content (AvgIpc) is 2.72. The zero-order chi connectivity index (χ0) is 21.2. The van der Waals surface area contributed by atoms with Crippen LogP contribution in [0.5, 0.6) is 17.2 Å². The number of ether oxygens (including phenoxy) is 3. The Hall–Kier alpha value is -3.62. The summed E-state index contributed by atoms with van der Waals surface area (Å²) in [6, 6.07) is 9.96. The molecule has 0 aromatic heterocycles. The minimum atomic E-state index is -0.549. The number of carbonyl (C=O) groups is 1. The predicted molar refractivity (Wildman–Crippen MR) is 108 cm³/mol. The normalized spacial score (nSPS) is 10.6. The molecule has 2 aromatic rings. The number of nitro benzene ring substituents is 1. The van der Waals surface area contributed by atoms with Crippen molar-refractivity contribution in [3.05, 3.63) is 57.6 Å². The second-order valence-electron chi connectivity index (χ2n) is 6.00. The van der Waals surface area contributed by atoms with Gasteiger partial charge in [0.05, 0.1) is 38.4 Å². The summed E-state index contributed by atoms with van der Waals surface area (Å²) in [6.45, 7) is 2.22. The molecule has 0 aliphatic heterocycles. The van der Waals surface area contributed by atoms with E-state index in [9.17, 15) is 14.9 Å². The predicted octanol–water partition coefficient (Wildman–Crippen LogP) is 3.09. The largest absolute Gasteiger partial charge is 0.497 e. The summed E-state index contributed by atoms with van der Waals surface area (Å²) in [5.41, 5.74) is 3.36. The van der Waals surface area contributed by atoms with Crippen molar-refractivity contribution in [2.75, 3.05) is 20.8 Å². The molecule has 154 valence electrons. The fourth-order valence-electron chi connectivity index (χ4n) is 2.47. The average molecular weight is 401 g/mol. The summed E-state index contributed by atoms with van der Waals surface area (Å²) in [5.74, 6) is 0.670. The van der Waals surface area contributed by atoms with E-state index in [1.165, 1.54) is 19.4 Å². The van der Waals surface area contributed by atoms with Gasteiger partial charge < -0.3 is 14.2 Å². The smallest absolute Gasteiger partial charge is 0.315 e. The van der Waals surface area contributed by atoms with Crippen molar-refractivity contribution in [3.8, 4) is 17.2 Å². The molecular weight excluding hydrogens is 378 g/mol. The van der Waals surface area contributed by atoms with Gasteiger partial charge in [0.15, 0.2) is 5.75 Å².